The van der Waals surface area contributed by atoms with E-state index in [0.717, 1.165) is 0 Å². The molecule has 1 heterocycles. The molecule has 15 heavy (non-hydrogen) atoms. The number of hydrogen-bond donors (Lipinski definition) is 3. The minimum atomic E-state index is -2.85. The topological polar surface area (TPSA) is 101 Å². The summed E-state index contributed by atoms with van der Waals surface area (Å²) in [5.74, 6) is 0.479. The number of rotatable bonds is 4. The third-order valence-corrected chi connectivity index (χ3v) is 4.14. The van der Waals surface area contributed by atoms with E-state index in [1.165, 1.54) is 0 Å². The van der Waals surface area contributed by atoms with Crippen LogP contribution in [-0.2, 0) is 9.84 Å². The van der Waals surface area contributed by atoms with Crippen LogP contribution in [0.5, 0.6) is 0 Å². The highest BCUT2D eigenvalue weighted by atomic mass is 32.2. The SMILES string of the molecule is NCCNC(=O)NCC1CCS(=O)(=O)C1. The third-order valence-electron chi connectivity index (χ3n) is 2.31. The van der Waals surface area contributed by atoms with Crippen molar-refractivity contribution in [3.8, 4) is 0 Å². The Hall–Kier alpha value is -0.820. The van der Waals surface area contributed by atoms with Gasteiger partial charge in [-0.15, -0.1) is 0 Å². The van der Waals surface area contributed by atoms with Gasteiger partial charge in [-0.2, -0.15) is 0 Å². The molecule has 6 nitrogen and oxygen atoms in total. The van der Waals surface area contributed by atoms with E-state index in [0.29, 0.717) is 26.1 Å². The summed E-state index contributed by atoms with van der Waals surface area (Å²) in [5, 5.41) is 5.18. The maximum absolute atomic E-state index is 11.1. The Morgan fingerprint density at radius 1 is 1.40 bits per heavy atom. The van der Waals surface area contributed by atoms with Crippen LogP contribution in [0.15, 0.2) is 0 Å². The van der Waals surface area contributed by atoms with Crippen LogP contribution in [0.25, 0.3) is 0 Å². The van der Waals surface area contributed by atoms with Gasteiger partial charge in [-0.25, -0.2) is 13.2 Å². The van der Waals surface area contributed by atoms with Crippen LogP contribution in [0, 0.1) is 5.92 Å². The third kappa shape index (κ3) is 4.48. The number of carbonyl (C=O) groups excluding carboxylic acids is 1. The number of carbonyl (C=O) groups is 1. The molecule has 0 aromatic heterocycles. The van der Waals surface area contributed by atoms with E-state index in [1.54, 1.807) is 0 Å². The smallest absolute Gasteiger partial charge is 0.314 e. The maximum atomic E-state index is 11.1. The summed E-state index contributed by atoms with van der Waals surface area (Å²) in [5.41, 5.74) is 5.21. The normalized spacial score (nSPS) is 23.7. The lowest BCUT2D eigenvalue weighted by Gasteiger charge is -2.10. The average molecular weight is 235 g/mol. The van der Waals surface area contributed by atoms with Gasteiger partial charge in [0.2, 0.25) is 0 Å². The fraction of sp³-hybridized carbons (Fsp3) is 0.875. The molecule has 0 aromatic rings. The van der Waals surface area contributed by atoms with Crippen molar-refractivity contribution >= 4 is 15.9 Å². The van der Waals surface area contributed by atoms with E-state index >= 15 is 0 Å². The van der Waals surface area contributed by atoms with Crippen LogP contribution in [0.2, 0.25) is 0 Å². The summed E-state index contributed by atoms with van der Waals surface area (Å²) >= 11 is 0. The van der Waals surface area contributed by atoms with Gasteiger partial charge in [0.05, 0.1) is 11.5 Å². The molecule has 1 unspecified atom stereocenters. The quantitative estimate of drug-likeness (QED) is 0.562. The van der Waals surface area contributed by atoms with Crippen molar-refractivity contribution in [2.45, 2.75) is 6.42 Å². The second kappa shape index (κ2) is 5.32. The molecule has 88 valence electrons. The number of amides is 2. The summed E-state index contributed by atoms with van der Waals surface area (Å²) in [4.78, 5) is 11.1. The van der Waals surface area contributed by atoms with Crippen LogP contribution in [0.3, 0.4) is 0 Å². The van der Waals surface area contributed by atoms with E-state index < -0.39 is 9.84 Å². The van der Waals surface area contributed by atoms with E-state index in [9.17, 15) is 13.2 Å². The highest BCUT2D eigenvalue weighted by Crippen LogP contribution is 2.17. The van der Waals surface area contributed by atoms with E-state index in [4.69, 9.17) is 5.73 Å². The van der Waals surface area contributed by atoms with Gasteiger partial charge >= 0.3 is 6.03 Å². The van der Waals surface area contributed by atoms with Gasteiger partial charge < -0.3 is 16.4 Å². The molecule has 0 aliphatic carbocycles. The number of nitrogens with one attached hydrogen (secondary N) is 2. The fourth-order valence-electron chi connectivity index (χ4n) is 1.52. The summed E-state index contributed by atoms with van der Waals surface area (Å²) in [7, 11) is -2.85. The summed E-state index contributed by atoms with van der Waals surface area (Å²) < 4.78 is 22.2. The zero-order valence-corrected chi connectivity index (χ0v) is 9.35. The molecule has 1 saturated heterocycles. The molecule has 7 heteroatoms. The summed E-state index contributed by atoms with van der Waals surface area (Å²) in [6.45, 7) is 1.23. The minimum absolute atomic E-state index is 0.0543. The lowest BCUT2D eigenvalue weighted by Crippen LogP contribution is -2.40. The van der Waals surface area contributed by atoms with Crippen LogP contribution < -0.4 is 16.4 Å². The van der Waals surface area contributed by atoms with Gasteiger partial charge in [-0.1, -0.05) is 0 Å². The van der Waals surface area contributed by atoms with Gasteiger partial charge in [0.1, 0.15) is 0 Å². The summed E-state index contributed by atoms with van der Waals surface area (Å²) in [6, 6.07) is -0.287. The Balaban J connectivity index is 2.18. The Morgan fingerprint density at radius 3 is 2.67 bits per heavy atom. The monoisotopic (exact) mass is 235 g/mol. The first-order valence-electron chi connectivity index (χ1n) is 4.95. The number of sulfone groups is 1. The minimum Gasteiger partial charge on any atom is -0.338 e. The second-order valence-electron chi connectivity index (χ2n) is 3.69. The van der Waals surface area contributed by atoms with Crippen molar-refractivity contribution < 1.29 is 13.2 Å². The molecule has 1 fully saturated rings. The highest BCUT2D eigenvalue weighted by Gasteiger charge is 2.27. The lowest BCUT2D eigenvalue weighted by molar-refractivity contribution is 0.239. The zero-order valence-electron chi connectivity index (χ0n) is 8.53. The molecule has 1 aliphatic rings. The summed E-state index contributed by atoms with van der Waals surface area (Å²) in [6.07, 6.45) is 0.638. The standard InChI is InChI=1S/C8H17N3O3S/c9-2-3-10-8(12)11-5-7-1-4-15(13,14)6-7/h7H,1-6,9H2,(H2,10,11,12). The molecule has 4 N–H and O–H groups in total. The molecule has 1 rings (SSSR count). The first-order valence-corrected chi connectivity index (χ1v) is 6.78. The van der Waals surface area contributed by atoms with Crippen molar-refractivity contribution in [3.63, 3.8) is 0 Å². The lowest BCUT2D eigenvalue weighted by atomic mass is 10.1. The van der Waals surface area contributed by atoms with Gasteiger partial charge in [-0.3, -0.25) is 0 Å². The average Bonchev–Trinajstić information content (AvgIpc) is 2.52. The molecule has 0 radical (unpaired) electrons. The Morgan fingerprint density at radius 2 is 2.13 bits per heavy atom. The van der Waals surface area contributed by atoms with Crippen LogP contribution in [0.1, 0.15) is 6.42 Å². The Kier molecular flexibility index (Phi) is 4.34. The molecule has 1 atom stereocenters. The number of urea groups is 1. The first-order chi connectivity index (χ1) is 7.03. The highest BCUT2D eigenvalue weighted by molar-refractivity contribution is 7.91. The Bertz CT molecular complexity index is 315. The number of nitrogens with two attached hydrogens (primary N) is 1. The predicted octanol–water partition coefficient (Wildman–Crippen LogP) is -1.32. The number of hydrogen-bond acceptors (Lipinski definition) is 4. The van der Waals surface area contributed by atoms with Gasteiger partial charge in [0.15, 0.2) is 9.84 Å². The van der Waals surface area contributed by atoms with Crippen molar-refractivity contribution in [3.05, 3.63) is 0 Å². The van der Waals surface area contributed by atoms with Gasteiger partial charge in [-0.05, 0) is 12.3 Å². The zero-order chi connectivity index (χ0) is 11.3. The molecule has 0 spiro atoms. The molecule has 0 saturated carbocycles. The second-order valence-corrected chi connectivity index (χ2v) is 5.92. The molecule has 0 bridgehead atoms. The first kappa shape index (κ1) is 12.3. The van der Waals surface area contributed by atoms with E-state index in [2.05, 4.69) is 10.6 Å². The maximum Gasteiger partial charge on any atom is 0.314 e. The fourth-order valence-corrected chi connectivity index (χ4v) is 3.38. The molecule has 2 amide bonds. The Labute approximate surface area is 89.5 Å². The molecule has 0 aromatic carbocycles. The van der Waals surface area contributed by atoms with Crippen molar-refractivity contribution in [1.29, 1.82) is 0 Å². The van der Waals surface area contributed by atoms with Crippen LogP contribution in [-0.4, -0.2) is 45.6 Å². The van der Waals surface area contributed by atoms with Crippen LogP contribution in [0.4, 0.5) is 4.79 Å². The van der Waals surface area contributed by atoms with Crippen molar-refractivity contribution in [2.24, 2.45) is 11.7 Å². The molecule has 1 aliphatic heterocycles. The van der Waals surface area contributed by atoms with Gasteiger partial charge in [0.25, 0.3) is 0 Å². The van der Waals surface area contributed by atoms with Gasteiger partial charge in [0, 0.05) is 19.6 Å². The van der Waals surface area contributed by atoms with E-state index in [-0.39, 0.29) is 23.5 Å². The van der Waals surface area contributed by atoms with Crippen LogP contribution >= 0.6 is 0 Å². The van der Waals surface area contributed by atoms with E-state index in [1.807, 2.05) is 0 Å². The molecular formula is C8H17N3O3S. The molecular weight excluding hydrogens is 218 g/mol. The predicted molar refractivity (Wildman–Crippen MR) is 57.2 cm³/mol. The largest absolute Gasteiger partial charge is 0.338 e. The van der Waals surface area contributed by atoms with Crippen molar-refractivity contribution in [2.75, 3.05) is 31.1 Å². The van der Waals surface area contributed by atoms with Crippen molar-refractivity contribution in [1.82, 2.24) is 10.6 Å².